The molecule has 0 bridgehead atoms. The lowest BCUT2D eigenvalue weighted by atomic mass is 10.4. The molecular formula is C7H12N2O. The van der Waals surface area contributed by atoms with Gasteiger partial charge in [0.1, 0.15) is 0 Å². The van der Waals surface area contributed by atoms with Gasteiger partial charge in [0.25, 0.3) is 0 Å². The lowest BCUT2D eigenvalue weighted by molar-refractivity contribution is 0.476. The summed E-state index contributed by atoms with van der Waals surface area (Å²) >= 11 is 0. The van der Waals surface area contributed by atoms with Gasteiger partial charge in [-0.15, -0.1) is 0 Å². The van der Waals surface area contributed by atoms with Crippen LogP contribution in [0, 0.1) is 0 Å². The Kier molecular flexibility index (Phi) is 4.04. The number of nitrogens with zero attached hydrogens (tertiary/aromatic N) is 1. The standard InChI is InChI=1S/C5H6N2O.C2H6/c6-5-4(8)2-1-3-7-5;1-2/h1-3,8H,(H2,6,7);1-2H3. The lowest BCUT2D eigenvalue weighted by Gasteiger charge is -1.91. The van der Waals surface area contributed by atoms with E-state index in [1.54, 1.807) is 6.07 Å². The predicted molar refractivity (Wildman–Crippen MR) is 41.7 cm³/mol. The summed E-state index contributed by atoms with van der Waals surface area (Å²) in [5, 5.41) is 8.73. The van der Waals surface area contributed by atoms with E-state index in [0.29, 0.717) is 0 Å². The van der Waals surface area contributed by atoms with E-state index in [9.17, 15) is 0 Å². The highest BCUT2D eigenvalue weighted by molar-refractivity contribution is 5.42. The molecule has 3 heteroatoms. The van der Waals surface area contributed by atoms with Crippen molar-refractivity contribution in [2.75, 3.05) is 5.73 Å². The number of hydrogen-bond donors (Lipinski definition) is 2. The van der Waals surface area contributed by atoms with Crippen LogP contribution in [0.1, 0.15) is 13.8 Å². The fourth-order valence-electron chi connectivity index (χ4n) is 0.409. The molecule has 10 heavy (non-hydrogen) atoms. The zero-order chi connectivity index (χ0) is 7.98. The number of pyridine rings is 1. The molecule has 1 heterocycles. The van der Waals surface area contributed by atoms with Crippen LogP contribution in [0.5, 0.6) is 5.75 Å². The molecule has 0 atom stereocenters. The molecule has 56 valence electrons. The number of nitrogen functional groups attached to an aromatic ring is 1. The summed E-state index contributed by atoms with van der Waals surface area (Å²) in [7, 11) is 0. The Bertz CT molecular complexity index is 168. The summed E-state index contributed by atoms with van der Waals surface area (Å²) in [6.07, 6.45) is 1.52. The maximum atomic E-state index is 8.73. The molecule has 0 saturated heterocycles. The number of hydrogen-bond acceptors (Lipinski definition) is 3. The van der Waals surface area contributed by atoms with E-state index in [1.807, 2.05) is 13.8 Å². The second-order valence-electron chi connectivity index (χ2n) is 1.41. The summed E-state index contributed by atoms with van der Waals surface area (Å²) in [6, 6.07) is 3.11. The molecule has 3 nitrogen and oxygen atoms in total. The van der Waals surface area contributed by atoms with Crippen LogP contribution >= 0.6 is 0 Å². The topological polar surface area (TPSA) is 59.1 Å². The van der Waals surface area contributed by atoms with Gasteiger partial charge in [-0.3, -0.25) is 0 Å². The van der Waals surface area contributed by atoms with Crippen molar-refractivity contribution in [3.63, 3.8) is 0 Å². The van der Waals surface area contributed by atoms with E-state index >= 15 is 0 Å². The third kappa shape index (κ3) is 2.35. The smallest absolute Gasteiger partial charge is 0.165 e. The first-order valence-corrected chi connectivity index (χ1v) is 3.20. The lowest BCUT2D eigenvalue weighted by Crippen LogP contribution is -1.87. The fourth-order valence-corrected chi connectivity index (χ4v) is 0.409. The molecule has 0 saturated carbocycles. The van der Waals surface area contributed by atoms with Crippen LogP contribution in [0.4, 0.5) is 5.82 Å². The van der Waals surface area contributed by atoms with E-state index in [-0.39, 0.29) is 11.6 Å². The first-order chi connectivity index (χ1) is 4.80. The van der Waals surface area contributed by atoms with Gasteiger partial charge in [-0.2, -0.15) is 0 Å². The maximum Gasteiger partial charge on any atom is 0.165 e. The van der Waals surface area contributed by atoms with Gasteiger partial charge in [-0.05, 0) is 12.1 Å². The molecule has 0 spiro atoms. The van der Waals surface area contributed by atoms with Crippen molar-refractivity contribution in [1.29, 1.82) is 0 Å². The van der Waals surface area contributed by atoms with E-state index in [0.717, 1.165) is 0 Å². The van der Waals surface area contributed by atoms with Crippen molar-refractivity contribution in [3.8, 4) is 5.75 Å². The van der Waals surface area contributed by atoms with Gasteiger partial charge in [-0.25, -0.2) is 4.98 Å². The van der Waals surface area contributed by atoms with Crippen molar-refractivity contribution >= 4 is 5.82 Å². The van der Waals surface area contributed by atoms with E-state index < -0.39 is 0 Å². The normalized spacial score (nSPS) is 7.80. The Labute approximate surface area is 60.5 Å². The number of nitrogens with two attached hydrogens (primary N) is 1. The first kappa shape index (κ1) is 8.75. The van der Waals surface area contributed by atoms with Gasteiger partial charge in [0.15, 0.2) is 11.6 Å². The van der Waals surface area contributed by atoms with Crippen LogP contribution in [-0.2, 0) is 0 Å². The van der Waals surface area contributed by atoms with Crippen LogP contribution in [0.3, 0.4) is 0 Å². The largest absolute Gasteiger partial charge is 0.504 e. The molecule has 3 N–H and O–H groups in total. The van der Waals surface area contributed by atoms with Gasteiger partial charge in [-0.1, -0.05) is 13.8 Å². The highest BCUT2D eigenvalue weighted by Gasteiger charge is 1.89. The van der Waals surface area contributed by atoms with Crippen molar-refractivity contribution in [2.45, 2.75) is 13.8 Å². The van der Waals surface area contributed by atoms with E-state index in [2.05, 4.69) is 4.98 Å². The summed E-state index contributed by atoms with van der Waals surface area (Å²) < 4.78 is 0. The molecule has 0 aliphatic rings. The number of anilines is 1. The minimum absolute atomic E-state index is 0.0347. The Morgan fingerprint density at radius 1 is 1.50 bits per heavy atom. The number of rotatable bonds is 0. The Balaban J connectivity index is 0.000000371. The summed E-state index contributed by atoms with van der Waals surface area (Å²) in [5.74, 6) is 0.208. The minimum Gasteiger partial charge on any atom is -0.504 e. The Hall–Kier alpha value is -1.25. The molecule has 0 aromatic carbocycles. The van der Waals surface area contributed by atoms with Crippen molar-refractivity contribution in [3.05, 3.63) is 18.3 Å². The zero-order valence-corrected chi connectivity index (χ0v) is 6.20. The molecule has 0 aliphatic carbocycles. The van der Waals surface area contributed by atoms with Crippen molar-refractivity contribution in [2.24, 2.45) is 0 Å². The molecule has 0 amide bonds. The first-order valence-electron chi connectivity index (χ1n) is 3.20. The molecule has 1 aromatic rings. The molecule has 0 fully saturated rings. The van der Waals surface area contributed by atoms with Crippen molar-refractivity contribution in [1.82, 2.24) is 4.98 Å². The molecule has 1 rings (SSSR count). The van der Waals surface area contributed by atoms with E-state index in [1.165, 1.54) is 12.3 Å². The van der Waals surface area contributed by atoms with E-state index in [4.69, 9.17) is 10.8 Å². The molecular weight excluding hydrogens is 128 g/mol. The van der Waals surface area contributed by atoms with Crippen LogP contribution in [0.2, 0.25) is 0 Å². The second kappa shape index (κ2) is 4.61. The van der Waals surface area contributed by atoms with Gasteiger partial charge in [0, 0.05) is 6.20 Å². The molecule has 1 aromatic heterocycles. The fraction of sp³-hybridized carbons (Fsp3) is 0.286. The number of aromatic hydroxyl groups is 1. The van der Waals surface area contributed by atoms with Gasteiger partial charge >= 0.3 is 0 Å². The van der Waals surface area contributed by atoms with Crippen LogP contribution in [0.25, 0.3) is 0 Å². The number of aromatic nitrogens is 1. The summed E-state index contributed by atoms with van der Waals surface area (Å²) in [6.45, 7) is 4.00. The monoisotopic (exact) mass is 140 g/mol. The van der Waals surface area contributed by atoms with Gasteiger partial charge in [0.05, 0.1) is 0 Å². The third-order valence-electron chi connectivity index (χ3n) is 0.816. The molecule has 0 unspecified atom stereocenters. The summed E-state index contributed by atoms with van der Waals surface area (Å²) in [5.41, 5.74) is 5.16. The highest BCUT2D eigenvalue weighted by atomic mass is 16.3. The molecule has 0 radical (unpaired) electrons. The average Bonchev–Trinajstić information content (AvgIpc) is 2.00. The quantitative estimate of drug-likeness (QED) is 0.572. The molecule has 0 aliphatic heterocycles. The van der Waals surface area contributed by atoms with Crippen LogP contribution in [-0.4, -0.2) is 10.1 Å². The summed E-state index contributed by atoms with van der Waals surface area (Å²) in [4.78, 5) is 3.61. The second-order valence-corrected chi connectivity index (χ2v) is 1.41. The SMILES string of the molecule is CC.Nc1ncccc1O. The predicted octanol–water partition coefficient (Wildman–Crippen LogP) is 1.40. The van der Waals surface area contributed by atoms with Crippen LogP contribution in [0.15, 0.2) is 18.3 Å². The Morgan fingerprint density at radius 2 is 2.10 bits per heavy atom. The Morgan fingerprint density at radius 3 is 2.40 bits per heavy atom. The average molecular weight is 140 g/mol. The van der Waals surface area contributed by atoms with Crippen molar-refractivity contribution < 1.29 is 5.11 Å². The zero-order valence-electron chi connectivity index (χ0n) is 6.20. The van der Waals surface area contributed by atoms with Gasteiger partial charge < -0.3 is 10.8 Å². The maximum absolute atomic E-state index is 8.73. The van der Waals surface area contributed by atoms with Crippen LogP contribution < -0.4 is 5.73 Å². The third-order valence-corrected chi connectivity index (χ3v) is 0.816. The highest BCUT2D eigenvalue weighted by Crippen LogP contribution is 2.12. The van der Waals surface area contributed by atoms with Gasteiger partial charge in [0.2, 0.25) is 0 Å². The minimum atomic E-state index is 0.0347.